The van der Waals surface area contributed by atoms with Crippen LogP contribution in [0.3, 0.4) is 0 Å². The summed E-state index contributed by atoms with van der Waals surface area (Å²) >= 11 is 3.64. The quantitative estimate of drug-likeness (QED) is 0.316. The molecule has 1 N–H and O–H groups in total. The van der Waals surface area contributed by atoms with Crippen LogP contribution in [0.25, 0.3) is 0 Å². The zero-order valence-electron chi connectivity index (χ0n) is 20.2. The van der Waals surface area contributed by atoms with Crippen LogP contribution in [0.2, 0.25) is 18.1 Å². The van der Waals surface area contributed by atoms with Gasteiger partial charge in [0.25, 0.3) is 0 Å². The predicted molar refractivity (Wildman–Crippen MR) is 132 cm³/mol. The maximum absolute atomic E-state index is 11.1. The van der Waals surface area contributed by atoms with Crippen LogP contribution in [-0.4, -0.2) is 25.1 Å². The molecule has 4 heteroatoms. The van der Waals surface area contributed by atoms with E-state index in [1.54, 1.807) is 5.57 Å². The molecule has 0 spiro atoms. The summed E-state index contributed by atoms with van der Waals surface area (Å²) in [7, 11) is -1.72. The Labute approximate surface area is 190 Å². The van der Waals surface area contributed by atoms with Crippen LogP contribution in [-0.2, 0) is 4.43 Å². The summed E-state index contributed by atoms with van der Waals surface area (Å²) < 4.78 is 6.70. The van der Waals surface area contributed by atoms with Crippen LogP contribution >= 0.6 is 15.9 Å². The predicted octanol–water partition coefficient (Wildman–Crippen LogP) is 8.06. The number of halogens is 1. The minimum atomic E-state index is -1.72. The summed E-state index contributed by atoms with van der Waals surface area (Å²) in [5.41, 5.74) is 1.65. The smallest absolute Gasteiger partial charge is 0.192 e. The highest BCUT2D eigenvalue weighted by Gasteiger charge is 2.50. The number of allylic oxidation sites excluding steroid dienone is 1. The molecule has 2 aliphatic rings. The van der Waals surface area contributed by atoms with Crippen LogP contribution in [0.4, 0.5) is 0 Å². The summed E-state index contributed by atoms with van der Waals surface area (Å²) in [5.74, 6) is 2.20. The minimum Gasteiger partial charge on any atom is -0.409 e. The zero-order chi connectivity index (χ0) is 21.9. The number of aliphatic hydroxyl groups excluding tert-OH is 1. The number of fused-ring (bicyclic) bond motifs is 1. The highest BCUT2D eigenvalue weighted by Crippen LogP contribution is 2.60. The molecule has 0 amide bonds. The maximum atomic E-state index is 11.1. The van der Waals surface area contributed by atoms with Crippen molar-refractivity contribution < 1.29 is 9.53 Å². The van der Waals surface area contributed by atoms with Crippen LogP contribution in [0, 0.1) is 23.2 Å². The van der Waals surface area contributed by atoms with E-state index in [0.717, 1.165) is 42.8 Å². The van der Waals surface area contributed by atoms with Gasteiger partial charge in [-0.15, -0.1) is 0 Å². The Balaban J connectivity index is 1.98. The second-order valence-corrected chi connectivity index (χ2v) is 15.9. The van der Waals surface area contributed by atoms with E-state index in [-0.39, 0.29) is 6.10 Å². The molecule has 5 atom stereocenters. The van der Waals surface area contributed by atoms with Gasteiger partial charge in [0, 0.05) is 0 Å². The second kappa shape index (κ2) is 10.3. The molecule has 2 aliphatic carbocycles. The van der Waals surface area contributed by atoms with E-state index >= 15 is 0 Å². The molecule has 0 aromatic carbocycles. The Morgan fingerprint density at radius 3 is 2.38 bits per heavy atom. The van der Waals surface area contributed by atoms with Crippen molar-refractivity contribution in [2.75, 3.05) is 0 Å². The van der Waals surface area contributed by atoms with Gasteiger partial charge in [0.2, 0.25) is 0 Å². The molecule has 0 unspecified atom stereocenters. The number of hydrogen-bond donors (Lipinski definition) is 1. The molecule has 0 aromatic rings. The van der Waals surface area contributed by atoms with Crippen molar-refractivity contribution in [2.45, 2.75) is 123 Å². The molecule has 0 saturated heterocycles. The highest BCUT2D eigenvalue weighted by molar-refractivity contribution is 9.11. The van der Waals surface area contributed by atoms with Gasteiger partial charge in [0.15, 0.2) is 8.32 Å². The first-order valence-corrected chi connectivity index (χ1v) is 15.7. The Bertz CT molecular complexity index is 549. The summed E-state index contributed by atoms with van der Waals surface area (Å²) in [4.78, 5) is 2.22. The lowest BCUT2D eigenvalue weighted by atomic mass is 9.61. The molecular weight excluding hydrogens is 440 g/mol. The van der Waals surface area contributed by atoms with Gasteiger partial charge in [-0.05, 0) is 105 Å². The number of aliphatic hydroxyl groups is 1. The SMILES string of the molecule is CC[Si](CC)(CC)OC(C)(C)[C@H](O)CC[C@@H](C)[C@H]1CC[C@H]2/C(=C/Br)CCC[C@]12C. The van der Waals surface area contributed by atoms with Crippen molar-refractivity contribution in [1.29, 1.82) is 0 Å². The van der Waals surface area contributed by atoms with Crippen molar-refractivity contribution >= 4 is 24.2 Å². The normalized spacial score (nSPS) is 31.7. The monoisotopic (exact) mass is 486 g/mol. The third kappa shape index (κ3) is 5.41. The van der Waals surface area contributed by atoms with Crippen molar-refractivity contribution in [3.8, 4) is 0 Å². The fraction of sp³-hybridized carbons (Fsp3) is 0.920. The molecule has 2 nitrogen and oxygen atoms in total. The lowest BCUT2D eigenvalue weighted by Gasteiger charge is -2.45. The van der Waals surface area contributed by atoms with Gasteiger partial charge in [-0.1, -0.05) is 56.1 Å². The molecule has 170 valence electrons. The van der Waals surface area contributed by atoms with E-state index in [1.807, 2.05) is 0 Å². The molecule has 29 heavy (non-hydrogen) atoms. The average Bonchev–Trinajstić information content (AvgIpc) is 3.07. The summed E-state index contributed by atoms with van der Waals surface area (Å²) in [6, 6.07) is 3.41. The first-order chi connectivity index (χ1) is 13.6. The minimum absolute atomic E-state index is 0.379. The fourth-order valence-corrected chi connectivity index (χ4v) is 10.4. The molecule has 0 bridgehead atoms. The van der Waals surface area contributed by atoms with Crippen LogP contribution in [0.5, 0.6) is 0 Å². The van der Waals surface area contributed by atoms with Gasteiger partial charge in [-0.3, -0.25) is 0 Å². The average molecular weight is 488 g/mol. The molecule has 2 saturated carbocycles. The Morgan fingerprint density at radius 1 is 1.21 bits per heavy atom. The molecule has 0 heterocycles. The highest BCUT2D eigenvalue weighted by atomic mass is 79.9. The van der Waals surface area contributed by atoms with Gasteiger partial charge >= 0.3 is 0 Å². The molecular formula is C25H47BrO2Si. The van der Waals surface area contributed by atoms with Crippen LogP contribution < -0.4 is 0 Å². The van der Waals surface area contributed by atoms with Crippen LogP contribution in [0.15, 0.2) is 10.6 Å². The van der Waals surface area contributed by atoms with Gasteiger partial charge in [-0.2, -0.15) is 0 Å². The molecule has 2 rings (SSSR count). The van der Waals surface area contributed by atoms with Crippen molar-refractivity contribution in [3.05, 3.63) is 10.6 Å². The molecule has 0 aliphatic heterocycles. The third-order valence-electron chi connectivity index (χ3n) is 8.98. The number of hydrogen-bond acceptors (Lipinski definition) is 2. The van der Waals surface area contributed by atoms with Gasteiger partial charge in [0.05, 0.1) is 11.7 Å². The van der Waals surface area contributed by atoms with E-state index in [1.165, 1.54) is 32.1 Å². The van der Waals surface area contributed by atoms with Crippen LogP contribution in [0.1, 0.15) is 93.4 Å². The maximum Gasteiger partial charge on any atom is 0.192 e. The fourth-order valence-electron chi connectivity index (χ4n) is 6.71. The third-order valence-corrected chi connectivity index (χ3v) is 14.4. The molecule has 2 fully saturated rings. The second-order valence-electron chi connectivity index (χ2n) is 10.8. The summed E-state index contributed by atoms with van der Waals surface area (Å²) in [5, 5.41) is 11.1. The Kier molecular flexibility index (Phi) is 9.11. The van der Waals surface area contributed by atoms with Crippen molar-refractivity contribution in [2.24, 2.45) is 23.2 Å². The molecule has 0 radical (unpaired) electrons. The van der Waals surface area contributed by atoms with Crippen molar-refractivity contribution in [3.63, 3.8) is 0 Å². The molecule has 0 aromatic heterocycles. The largest absolute Gasteiger partial charge is 0.409 e. The number of rotatable bonds is 10. The van der Waals surface area contributed by atoms with Gasteiger partial charge in [0.1, 0.15) is 0 Å². The summed E-state index contributed by atoms with van der Waals surface area (Å²) in [6.07, 6.45) is 8.24. The zero-order valence-corrected chi connectivity index (χ0v) is 22.8. The lowest BCUT2D eigenvalue weighted by molar-refractivity contribution is -0.0447. The standard InChI is InChI=1S/C25H47BrO2Si/c1-8-29(9-2,10-3)28-24(5,6)23(27)16-13-19(4)21-14-15-22-20(18-26)12-11-17-25(21,22)7/h18-19,21-23,27H,8-17H2,1-7H3/b20-18+/t19-,21-,22+,23-,25-/m1/s1. The lowest BCUT2D eigenvalue weighted by Crippen LogP contribution is -2.50. The van der Waals surface area contributed by atoms with E-state index in [4.69, 9.17) is 4.43 Å². The van der Waals surface area contributed by atoms with Crippen molar-refractivity contribution in [1.82, 2.24) is 0 Å². The topological polar surface area (TPSA) is 29.5 Å². The Hall–Kier alpha value is 0.357. The van der Waals surface area contributed by atoms with Gasteiger partial charge < -0.3 is 9.53 Å². The van der Waals surface area contributed by atoms with E-state index < -0.39 is 13.9 Å². The first kappa shape index (κ1) is 25.6. The Morgan fingerprint density at radius 2 is 1.83 bits per heavy atom. The summed E-state index contributed by atoms with van der Waals surface area (Å²) in [6.45, 7) is 16.0. The van der Waals surface area contributed by atoms with E-state index in [2.05, 4.69) is 69.4 Å². The first-order valence-electron chi connectivity index (χ1n) is 12.3. The van der Waals surface area contributed by atoms with E-state index in [0.29, 0.717) is 11.3 Å². The van der Waals surface area contributed by atoms with E-state index in [9.17, 15) is 5.11 Å². The van der Waals surface area contributed by atoms with Gasteiger partial charge in [-0.25, -0.2) is 0 Å².